The van der Waals surface area contributed by atoms with Crippen LogP contribution in [0.15, 0.2) is 42.6 Å². The number of aromatic nitrogens is 2. The van der Waals surface area contributed by atoms with Crippen LogP contribution in [0.1, 0.15) is 41.3 Å². The van der Waals surface area contributed by atoms with E-state index >= 15 is 0 Å². The highest BCUT2D eigenvalue weighted by Crippen LogP contribution is 2.53. The monoisotopic (exact) mass is 495 g/mol. The molecule has 1 fully saturated rings. The first kappa shape index (κ1) is 21.6. The minimum Gasteiger partial charge on any atom is -0.453 e. The molecule has 34 heavy (non-hydrogen) atoms. The molecular weight excluding hydrogens is 473 g/mol. The van der Waals surface area contributed by atoms with Gasteiger partial charge in [0.05, 0.1) is 15.7 Å². The highest BCUT2D eigenvalue weighted by Gasteiger charge is 2.50. The molecule has 0 bridgehead atoms. The Balaban J connectivity index is 1.27. The van der Waals surface area contributed by atoms with Gasteiger partial charge in [-0.25, -0.2) is 4.98 Å². The Kier molecular flexibility index (Phi) is 4.99. The zero-order valence-electron chi connectivity index (χ0n) is 18.8. The smallest absolute Gasteiger partial charge is 0.268 e. The van der Waals surface area contributed by atoms with Gasteiger partial charge in [0.15, 0.2) is 6.23 Å². The van der Waals surface area contributed by atoms with Crippen LogP contribution in [0.25, 0.3) is 0 Å². The van der Waals surface area contributed by atoms with Crippen LogP contribution in [0.3, 0.4) is 0 Å². The van der Waals surface area contributed by atoms with Gasteiger partial charge < -0.3 is 10.1 Å². The fourth-order valence-corrected chi connectivity index (χ4v) is 5.69. The maximum absolute atomic E-state index is 13.3. The SMILES string of the molecule is CC1Oc2nc(Nc3ccc4c(c3)CCN(C)C43CC3)ncc2C(=O)N1c1c(Cl)cccc1Cl. The van der Waals surface area contributed by atoms with Gasteiger partial charge in [0.1, 0.15) is 5.56 Å². The molecule has 1 atom stereocenters. The highest BCUT2D eigenvalue weighted by molar-refractivity contribution is 6.40. The van der Waals surface area contributed by atoms with Gasteiger partial charge >= 0.3 is 0 Å². The molecule has 1 N–H and O–H groups in total. The number of para-hydroxylation sites is 1. The van der Waals surface area contributed by atoms with Crippen molar-refractivity contribution in [1.82, 2.24) is 14.9 Å². The lowest BCUT2D eigenvalue weighted by Crippen LogP contribution is -2.46. The van der Waals surface area contributed by atoms with Gasteiger partial charge in [0.2, 0.25) is 11.8 Å². The molecule has 9 heteroatoms. The van der Waals surface area contributed by atoms with E-state index in [1.807, 2.05) is 0 Å². The van der Waals surface area contributed by atoms with Crippen LogP contribution in [-0.4, -0.2) is 40.6 Å². The normalized spacial score (nSPS) is 20.5. The van der Waals surface area contributed by atoms with Crippen molar-refractivity contribution >= 4 is 46.4 Å². The molecule has 1 spiro atoms. The standard InChI is InChI=1S/C25H23Cl2N5O2/c1-14-32(21-19(26)4-3-5-20(21)27)23(33)17-13-28-24(30-22(17)34-14)29-16-6-7-18-15(12-16)8-11-31(2)25(18)9-10-25/h3-7,12-14H,8-11H2,1-2H3,(H,28,29,30). The van der Waals surface area contributed by atoms with Crippen molar-refractivity contribution < 1.29 is 9.53 Å². The zero-order chi connectivity index (χ0) is 23.6. The summed E-state index contributed by atoms with van der Waals surface area (Å²) in [6.07, 6.45) is 4.29. The molecule has 2 aromatic carbocycles. The van der Waals surface area contributed by atoms with Gasteiger partial charge in [-0.2, -0.15) is 4.98 Å². The van der Waals surface area contributed by atoms with E-state index in [1.54, 1.807) is 25.1 Å². The summed E-state index contributed by atoms with van der Waals surface area (Å²) in [7, 11) is 2.21. The quantitative estimate of drug-likeness (QED) is 0.525. The average Bonchev–Trinajstić information content (AvgIpc) is 3.60. The van der Waals surface area contributed by atoms with Crippen molar-refractivity contribution in [3.05, 3.63) is 69.3 Å². The Labute approximate surface area is 207 Å². The Morgan fingerprint density at radius 3 is 2.68 bits per heavy atom. The van der Waals surface area contributed by atoms with Crippen LogP contribution in [-0.2, 0) is 12.0 Å². The Morgan fingerprint density at radius 2 is 1.94 bits per heavy atom. The van der Waals surface area contributed by atoms with Crippen molar-refractivity contribution in [3.8, 4) is 5.88 Å². The molecule has 1 aliphatic carbocycles. The van der Waals surface area contributed by atoms with Gasteiger partial charge in [-0.3, -0.25) is 14.6 Å². The number of halogens is 2. The molecule has 0 radical (unpaired) electrons. The Bertz CT molecular complexity index is 1310. The fourth-order valence-electron chi connectivity index (χ4n) is 5.11. The summed E-state index contributed by atoms with van der Waals surface area (Å²) in [5, 5.41) is 4.00. The second-order valence-corrected chi connectivity index (χ2v) is 9.89. The number of rotatable bonds is 3. The number of carbonyl (C=O) groups excluding carboxylic acids is 1. The summed E-state index contributed by atoms with van der Waals surface area (Å²) in [5.41, 5.74) is 4.60. The van der Waals surface area contributed by atoms with Gasteiger partial charge in [0.25, 0.3) is 5.91 Å². The molecule has 7 nitrogen and oxygen atoms in total. The zero-order valence-corrected chi connectivity index (χ0v) is 20.3. The number of hydrogen-bond acceptors (Lipinski definition) is 6. The number of likely N-dealkylation sites (N-methyl/N-ethyl adjacent to an activating group) is 1. The second-order valence-electron chi connectivity index (χ2n) is 9.08. The van der Waals surface area contributed by atoms with Crippen molar-refractivity contribution in [3.63, 3.8) is 0 Å². The Hall–Kier alpha value is -2.87. The number of fused-ring (bicyclic) bond motifs is 3. The van der Waals surface area contributed by atoms with Gasteiger partial charge in [-0.05, 0) is 68.6 Å². The van der Waals surface area contributed by atoms with E-state index < -0.39 is 6.23 Å². The summed E-state index contributed by atoms with van der Waals surface area (Å²) in [4.78, 5) is 26.0. The third kappa shape index (κ3) is 3.34. The molecule has 3 aliphatic rings. The van der Waals surface area contributed by atoms with E-state index in [0.717, 1.165) is 18.7 Å². The second kappa shape index (κ2) is 7.83. The maximum Gasteiger partial charge on any atom is 0.268 e. The van der Waals surface area contributed by atoms with Crippen LogP contribution in [0, 0.1) is 0 Å². The molecule has 174 valence electrons. The first-order valence-electron chi connectivity index (χ1n) is 11.3. The number of hydrogen-bond donors (Lipinski definition) is 1. The molecular formula is C25H23Cl2N5O2. The predicted molar refractivity (Wildman–Crippen MR) is 132 cm³/mol. The summed E-state index contributed by atoms with van der Waals surface area (Å²) < 4.78 is 5.99. The maximum atomic E-state index is 13.3. The van der Waals surface area contributed by atoms with Crippen LogP contribution < -0.4 is 15.0 Å². The lowest BCUT2D eigenvalue weighted by Gasteiger charge is -2.35. The minimum atomic E-state index is -0.643. The molecule has 0 saturated heterocycles. The predicted octanol–water partition coefficient (Wildman–Crippen LogP) is 5.39. The molecule has 1 unspecified atom stereocenters. The topological polar surface area (TPSA) is 70.6 Å². The van der Waals surface area contributed by atoms with E-state index in [1.165, 1.54) is 35.1 Å². The molecule has 3 aromatic rings. The molecule has 1 saturated carbocycles. The van der Waals surface area contributed by atoms with Crippen LogP contribution >= 0.6 is 23.2 Å². The molecule has 1 amide bonds. The largest absolute Gasteiger partial charge is 0.453 e. The summed E-state index contributed by atoms with van der Waals surface area (Å²) in [6, 6.07) is 11.6. The minimum absolute atomic E-state index is 0.228. The number of ether oxygens (including phenoxy) is 1. The first-order chi connectivity index (χ1) is 16.4. The van der Waals surface area contributed by atoms with Crippen LogP contribution in [0.2, 0.25) is 10.0 Å². The number of anilines is 3. The fraction of sp³-hybridized carbons (Fsp3) is 0.320. The van der Waals surface area contributed by atoms with Crippen molar-refractivity contribution in [2.45, 2.75) is 38.0 Å². The number of nitrogens with one attached hydrogen (secondary N) is 1. The first-order valence-corrected chi connectivity index (χ1v) is 12.1. The summed E-state index contributed by atoms with van der Waals surface area (Å²) in [6.45, 7) is 2.81. The van der Waals surface area contributed by atoms with E-state index in [4.69, 9.17) is 27.9 Å². The van der Waals surface area contributed by atoms with E-state index in [9.17, 15) is 4.79 Å². The highest BCUT2D eigenvalue weighted by atomic mass is 35.5. The van der Waals surface area contributed by atoms with Crippen LogP contribution in [0.4, 0.5) is 17.3 Å². The van der Waals surface area contributed by atoms with Gasteiger partial charge in [0, 0.05) is 24.0 Å². The van der Waals surface area contributed by atoms with Crippen molar-refractivity contribution in [2.24, 2.45) is 0 Å². The molecule has 1 aromatic heterocycles. The molecule has 6 rings (SSSR count). The van der Waals surface area contributed by atoms with Crippen molar-refractivity contribution in [2.75, 3.05) is 23.8 Å². The average molecular weight is 496 g/mol. The van der Waals surface area contributed by atoms with E-state index in [2.05, 4.69) is 45.4 Å². The van der Waals surface area contributed by atoms with Crippen LogP contribution in [0.5, 0.6) is 5.88 Å². The number of amides is 1. The molecule has 3 heterocycles. The lowest BCUT2D eigenvalue weighted by molar-refractivity contribution is 0.0867. The summed E-state index contributed by atoms with van der Waals surface area (Å²) >= 11 is 12.7. The third-order valence-corrected chi connectivity index (χ3v) is 7.67. The summed E-state index contributed by atoms with van der Waals surface area (Å²) in [5.74, 6) is 0.283. The van der Waals surface area contributed by atoms with Crippen molar-refractivity contribution in [1.29, 1.82) is 0 Å². The number of benzene rings is 2. The number of nitrogens with zero attached hydrogens (tertiary/aromatic N) is 4. The third-order valence-electron chi connectivity index (χ3n) is 7.06. The molecule has 2 aliphatic heterocycles. The Morgan fingerprint density at radius 1 is 1.18 bits per heavy atom. The van der Waals surface area contributed by atoms with E-state index in [0.29, 0.717) is 21.7 Å². The lowest BCUT2D eigenvalue weighted by atomic mass is 9.90. The van der Waals surface area contributed by atoms with Gasteiger partial charge in [-0.1, -0.05) is 35.3 Å². The van der Waals surface area contributed by atoms with E-state index in [-0.39, 0.29) is 22.9 Å². The number of carbonyl (C=O) groups is 1. The van der Waals surface area contributed by atoms with Gasteiger partial charge in [-0.15, -0.1) is 0 Å².